The van der Waals surface area contributed by atoms with Crippen LogP contribution >= 0.6 is 24.0 Å². The Morgan fingerprint density at radius 3 is 2.63 bits per heavy atom. The number of halogens is 1. The minimum absolute atomic E-state index is 0. The van der Waals surface area contributed by atoms with Gasteiger partial charge in [-0.1, -0.05) is 12.1 Å². The summed E-state index contributed by atoms with van der Waals surface area (Å²) in [4.78, 5) is 18.8. The summed E-state index contributed by atoms with van der Waals surface area (Å²) in [5.41, 5.74) is 1.84. The number of nitrogens with one attached hydrogen (secondary N) is 3. The first-order chi connectivity index (χ1) is 12.5. The molecule has 1 amide bonds. The summed E-state index contributed by atoms with van der Waals surface area (Å²) in [6.45, 7) is 4.51. The Labute approximate surface area is 180 Å². The second-order valence-electron chi connectivity index (χ2n) is 7.04. The second-order valence-corrected chi connectivity index (χ2v) is 7.04. The maximum atomic E-state index is 11.7. The van der Waals surface area contributed by atoms with Crippen LogP contribution in [0.25, 0.3) is 0 Å². The molecular weight excluding hydrogens is 453 g/mol. The maximum absolute atomic E-state index is 11.7. The number of benzene rings is 1. The molecule has 2 rings (SSSR count). The van der Waals surface area contributed by atoms with E-state index in [9.17, 15) is 4.79 Å². The quantitative estimate of drug-likeness (QED) is 0.284. The van der Waals surface area contributed by atoms with Crippen molar-refractivity contribution in [2.75, 3.05) is 40.8 Å². The summed E-state index contributed by atoms with van der Waals surface area (Å²) in [5.74, 6) is 1.61. The van der Waals surface area contributed by atoms with E-state index in [1.165, 1.54) is 12.8 Å². The Morgan fingerprint density at radius 1 is 1.30 bits per heavy atom. The van der Waals surface area contributed by atoms with Gasteiger partial charge in [-0.25, -0.2) is 0 Å². The number of rotatable bonds is 9. The molecule has 152 valence electrons. The first-order valence-electron chi connectivity index (χ1n) is 9.54. The van der Waals surface area contributed by atoms with Crippen molar-refractivity contribution in [3.8, 4) is 0 Å². The molecular formula is C20H34IN5O. The van der Waals surface area contributed by atoms with E-state index in [-0.39, 0.29) is 29.9 Å². The Bertz CT molecular complexity index is 614. The number of hydrogen-bond donors (Lipinski definition) is 3. The summed E-state index contributed by atoms with van der Waals surface area (Å²) >= 11 is 0. The molecule has 1 aromatic carbocycles. The van der Waals surface area contributed by atoms with Crippen LogP contribution in [0.3, 0.4) is 0 Å². The Hall–Kier alpha value is -1.35. The number of likely N-dealkylation sites (N-methyl/N-ethyl adjacent to an activating group) is 1. The van der Waals surface area contributed by atoms with Crippen molar-refractivity contribution in [2.24, 2.45) is 10.9 Å². The Morgan fingerprint density at radius 2 is 2.04 bits per heavy atom. The second kappa shape index (κ2) is 12.2. The molecule has 0 saturated heterocycles. The standard InChI is InChI=1S/C20H33N5O.HI/c1-5-22-20(24-14-18(25(3)4)16-9-10-16)23-12-11-15-7-6-8-17(13-15)19(26)21-2;/h6-8,13,16,18H,5,9-12,14H2,1-4H3,(H,21,26)(H2,22,23,24);1H. The number of guanidine groups is 1. The third-order valence-electron chi connectivity index (χ3n) is 4.73. The molecule has 1 aliphatic rings. The Balaban J connectivity index is 0.00000364. The largest absolute Gasteiger partial charge is 0.357 e. The van der Waals surface area contributed by atoms with Gasteiger partial charge in [0.15, 0.2) is 5.96 Å². The van der Waals surface area contributed by atoms with E-state index in [4.69, 9.17) is 4.99 Å². The fourth-order valence-corrected chi connectivity index (χ4v) is 3.08. The minimum Gasteiger partial charge on any atom is -0.357 e. The smallest absolute Gasteiger partial charge is 0.251 e. The van der Waals surface area contributed by atoms with Gasteiger partial charge in [-0.3, -0.25) is 9.79 Å². The molecule has 0 aliphatic heterocycles. The average Bonchev–Trinajstić information content (AvgIpc) is 3.46. The van der Waals surface area contributed by atoms with E-state index in [1.54, 1.807) is 7.05 Å². The van der Waals surface area contributed by atoms with Crippen LogP contribution in [0.1, 0.15) is 35.7 Å². The Kier molecular flexibility index (Phi) is 10.7. The van der Waals surface area contributed by atoms with E-state index in [0.29, 0.717) is 11.6 Å². The van der Waals surface area contributed by atoms with Crippen LogP contribution in [0, 0.1) is 5.92 Å². The predicted octanol–water partition coefficient (Wildman–Crippen LogP) is 2.10. The fraction of sp³-hybridized carbons (Fsp3) is 0.600. The van der Waals surface area contributed by atoms with E-state index >= 15 is 0 Å². The SMILES string of the molecule is CCNC(=NCC(C1CC1)N(C)C)NCCc1cccc(C(=O)NC)c1.I. The highest BCUT2D eigenvalue weighted by atomic mass is 127. The van der Waals surface area contributed by atoms with Crippen LogP contribution in [0.15, 0.2) is 29.3 Å². The van der Waals surface area contributed by atoms with Crippen LogP contribution in [0.4, 0.5) is 0 Å². The summed E-state index contributed by atoms with van der Waals surface area (Å²) < 4.78 is 0. The number of aliphatic imine (C=N–C) groups is 1. The van der Waals surface area contributed by atoms with Crippen molar-refractivity contribution in [1.82, 2.24) is 20.9 Å². The molecule has 3 N–H and O–H groups in total. The normalized spacial score (nSPS) is 15.1. The molecule has 0 radical (unpaired) electrons. The van der Waals surface area contributed by atoms with Crippen molar-refractivity contribution >= 4 is 35.8 Å². The number of nitrogens with zero attached hydrogens (tertiary/aromatic N) is 2. The average molecular weight is 487 g/mol. The highest BCUT2D eigenvalue weighted by Crippen LogP contribution is 2.34. The molecule has 0 bridgehead atoms. The molecule has 6 nitrogen and oxygen atoms in total. The summed E-state index contributed by atoms with van der Waals surface area (Å²) in [7, 11) is 5.93. The third-order valence-corrected chi connectivity index (χ3v) is 4.73. The molecule has 0 spiro atoms. The third kappa shape index (κ3) is 8.04. The summed E-state index contributed by atoms with van der Waals surface area (Å²) in [6.07, 6.45) is 3.49. The van der Waals surface area contributed by atoms with Crippen LogP contribution in [-0.4, -0.2) is 63.6 Å². The first-order valence-corrected chi connectivity index (χ1v) is 9.54. The highest BCUT2D eigenvalue weighted by Gasteiger charge is 2.32. The lowest BCUT2D eigenvalue weighted by atomic mass is 10.1. The predicted molar refractivity (Wildman–Crippen MR) is 123 cm³/mol. The topological polar surface area (TPSA) is 68.8 Å². The lowest BCUT2D eigenvalue weighted by Crippen LogP contribution is -2.40. The van der Waals surface area contributed by atoms with Crippen LogP contribution < -0.4 is 16.0 Å². The number of amides is 1. The zero-order valence-electron chi connectivity index (χ0n) is 16.9. The zero-order chi connectivity index (χ0) is 18.9. The van der Waals surface area contributed by atoms with Crippen LogP contribution in [0.2, 0.25) is 0 Å². The van der Waals surface area contributed by atoms with Crippen molar-refractivity contribution in [2.45, 2.75) is 32.2 Å². The lowest BCUT2D eigenvalue weighted by molar-refractivity contribution is 0.0963. The maximum Gasteiger partial charge on any atom is 0.251 e. The van der Waals surface area contributed by atoms with Crippen molar-refractivity contribution in [3.05, 3.63) is 35.4 Å². The van der Waals surface area contributed by atoms with Gasteiger partial charge in [0.1, 0.15) is 0 Å². The van der Waals surface area contributed by atoms with Crippen molar-refractivity contribution in [1.29, 1.82) is 0 Å². The van der Waals surface area contributed by atoms with Gasteiger partial charge in [0.2, 0.25) is 0 Å². The monoisotopic (exact) mass is 487 g/mol. The van der Waals surface area contributed by atoms with Gasteiger partial charge in [0.25, 0.3) is 5.91 Å². The molecule has 1 saturated carbocycles. The van der Waals surface area contributed by atoms with Gasteiger partial charge in [0.05, 0.1) is 6.54 Å². The molecule has 0 heterocycles. The molecule has 1 aliphatic carbocycles. The van der Waals surface area contributed by atoms with E-state index < -0.39 is 0 Å². The van der Waals surface area contributed by atoms with Gasteiger partial charge in [-0.15, -0.1) is 24.0 Å². The number of hydrogen-bond acceptors (Lipinski definition) is 3. The molecule has 1 unspecified atom stereocenters. The highest BCUT2D eigenvalue weighted by molar-refractivity contribution is 14.0. The van der Waals surface area contributed by atoms with Gasteiger partial charge >= 0.3 is 0 Å². The van der Waals surface area contributed by atoms with Crippen molar-refractivity contribution in [3.63, 3.8) is 0 Å². The molecule has 7 heteroatoms. The molecule has 1 atom stereocenters. The molecule has 1 fully saturated rings. The molecule has 27 heavy (non-hydrogen) atoms. The number of carbonyl (C=O) groups excluding carboxylic acids is 1. The fourth-order valence-electron chi connectivity index (χ4n) is 3.08. The van der Waals surface area contributed by atoms with Gasteiger partial charge in [-0.2, -0.15) is 0 Å². The zero-order valence-corrected chi connectivity index (χ0v) is 19.2. The lowest BCUT2D eigenvalue weighted by Gasteiger charge is -2.23. The molecule has 0 aromatic heterocycles. The van der Waals surface area contributed by atoms with Gasteiger partial charge < -0.3 is 20.9 Å². The van der Waals surface area contributed by atoms with Crippen LogP contribution in [-0.2, 0) is 6.42 Å². The minimum atomic E-state index is -0.0514. The van der Waals surface area contributed by atoms with Gasteiger partial charge in [0, 0.05) is 31.7 Å². The van der Waals surface area contributed by atoms with Crippen molar-refractivity contribution < 1.29 is 4.79 Å². The van der Waals surface area contributed by atoms with E-state index in [0.717, 1.165) is 43.5 Å². The van der Waals surface area contributed by atoms with Crippen LogP contribution in [0.5, 0.6) is 0 Å². The van der Waals surface area contributed by atoms with E-state index in [2.05, 4.69) is 41.9 Å². The summed E-state index contributed by atoms with van der Waals surface area (Å²) in [5, 5.41) is 9.39. The summed E-state index contributed by atoms with van der Waals surface area (Å²) in [6, 6.07) is 8.28. The van der Waals surface area contributed by atoms with Gasteiger partial charge in [-0.05, 0) is 63.9 Å². The first kappa shape index (κ1) is 23.7. The molecule has 1 aromatic rings. The number of carbonyl (C=O) groups is 1. The van der Waals surface area contributed by atoms with E-state index in [1.807, 2.05) is 24.3 Å².